The molecule has 4 rings (SSSR count). The maximum atomic E-state index is 13.0. The third-order valence-electron chi connectivity index (χ3n) is 4.59. The molecule has 0 bridgehead atoms. The van der Waals surface area contributed by atoms with Gasteiger partial charge in [0.1, 0.15) is 4.83 Å². The van der Waals surface area contributed by atoms with Gasteiger partial charge >= 0.3 is 0 Å². The molecule has 0 fully saturated rings. The van der Waals surface area contributed by atoms with Crippen LogP contribution in [0.15, 0.2) is 65.7 Å². The minimum absolute atomic E-state index is 0.0987. The second-order valence-corrected chi connectivity index (χ2v) is 7.75. The molecule has 4 nitrogen and oxygen atoms in total. The minimum atomic E-state index is -0.886. The third kappa shape index (κ3) is 3.30. The lowest BCUT2D eigenvalue weighted by atomic mass is 10.1. The molecule has 1 atom stereocenters. The van der Waals surface area contributed by atoms with E-state index in [2.05, 4.69) is 4.98 Å². The quantitative estimate of drug-likeness (QED) is 0.538. The predicted octanol–water partition coefficient (Wildman–Crippen LogP) is 4.82. The molecule has 0 spiro atoms. The lowest BCUT2D eigenvalue weighted by molar-refractivity contribution is 0.155. The molecule has 1 unspecified atom stereocenters. The van der Waals surface area contributed by atoms with Gasteiger partial charge in [-0.05, 0) is 24.1 Å². The fourth-order valence-electron chi connectivity index (χ4n) is 3.18. The number of nitrogens with zero attached hydrogens (tertiary/aromatic N) is 2. The Morgan fingerprint density at radius 2 is 1.85 bits per heavy atom. The van der Waals surface area contributed by atoms with Gasteiger partial charge in [0, 0.05) is 15.5 Å². The van der Waals surface area contributed by atoms with E-state index in [1.54, 1.807) is 18.2 Å². The van der Waals surface area contributed by atoms with Gasteiger partial charge in [0.05, 0.1) is 24.4 Å². The summed E-state index contributed by atoms with van der Waals surface area (Å²) in [4.78, 5) is 19.2. The molecule has 136 valence electrons. The van der Waals surface area contributed by atoms with Crippen molar-refractivity contribution in [2.75, 3.05) is 0 Å². The number of hydrogen-bond acceptors (Lipinski definition) is 4. The molecule has 2 aromatic carbocycles. The fraction of sp³-hybridized carbons (Fsp3) is 0.143. The largest absolute Gasteiger partial charge is 0.386 e. The van der Waals surface area contributed by atoms with Crippen LogP contribution in [-0.2, 0) is 6.54 Å². The number of rotatable bonds is 4. The van der Waals surface area contributed by atoms with Crippen LogP contribution in [0.2, 0.25) is 5.02 Å². The molecule has 0 aliphatic heterocycles. The monoisotopic (exact) mass is 396 g/mol. The molecule has 2 aromatic heterocycles. The zero-order valence-electron chi connectivity index (χ0n) is 14.6. The van der Waals surface area contributed by atoms with Crippen LogP contribution in [0.4, 0.5) is 0 Å². The van der Waals surface area contributed by atoms with E-state index in [4.69, 9.17) is 11.6 Å². The first-order valence-electron chi connectivity index (χ1n) is 8.52. The van der Waals surface area contributed by atoms with E-state index in [9.17, 15) is 9.90 Å². The molecule has 4 aromatic rings. The van der Waals surface area contributed by atoms with Gasteiger partial charge in [-0.1, -0.05) is 60.1 Å². The number of halogens is 1. The van der Waals surface area contributed by atoms with Gasteiger partial charge in [-0.25, -0.2) is 4.98 Å². The number of aromatic nitrogens is 2. The molecule has 0 amide bonds. The van der Waals surface area contributed by atoms with Crippen molar-refractivity contribution >= 4 is 33.2 Å². The Morgan fingerprint density at radius 1 is 1.15 bits per heavy atom. The number of benzene rings is 2. The van der Waals surface area contributed by atoms with E-state index < -0.39 is 6.10 Å². The molecule has 0 saturated carbocycles. The number of aryl methyl sites for hydroxylation is 1. The second-order valence-electron chi connectivity index (χ2n) is 6.34. The topological polar surface area (TPSA) is 55.1 Å². The standard InChI is InChI=1S/C21H17ClN2O2S/c1-13-18-20(27-19(13)14-7-3-2-4-8-14)23-12-24(21(18)26)11-17(25)15-9-5-6-10-16(15)22/h2-10,12,17,25H,11H2,1H3. The maximum Gasteiger partial charge on any atom is 0.262 e. The van der Waals surface area contributed by atoms with Crippen LogP contribution in [0.25, 0.3) is 20.7 Å². The van der Waals surface area contributed by atoms with E-state index in [1.165, 1.54) is 22.2 Å². The van der Waals surface area contributed by atoms with Crippen LogP contribution in [0, 0.1) is 6.92 Å². The first kappa shape index (κ1) is 17.9. The van der Waals surface area contributed by atoms with Gasteiger partial charge in [-0.2, -0.15) is 0 Å². The van der Waals surface area contributed by atoms with Gasteiger partial charge in [0.25, 0.3) is 5.56 Å². The van der Waals surface area contributed by atoms with Crippen LogP contribution >= 0.6 is 22.9 Å². The van der Waals surface area contributed by atoms with Crippen molar-refractivity contribution in [1.82, 2.24) is 9.55 Å². The van der Waals surface area contributed by atoms with Crippen molar-refractivity contribution in [2.24, 2.45) is 0 Å². The van der Waals surface area contributed by atoms with Gasteiger partial charge in [0.2, 0.25) is 0 Å². The molecule has 27 heavy (non-hydrogen) atoms. The minimum Gasteiger partial charge on any atom is -0.386 e. The Hall–Kier alpha value is -2.47. The number of thiophene rings is 1. The highest BCUT2D eigenvalue weighted by Crippen LogP contribution is 2.35. The van der Waals surface area contributed by atoms with Gasteiger partial charge in [-0.15, -0.1) is 11.3 Å². The first-order valence-corrected chi connectivity index (χ1v) is 9.72. The fourth-order valence-corrected chi connectivity index (χ4v) is 4.59. The normalized spacial score (nSPS) is 12.4. The summed E-state index contributed by atoms with van der Waals surface area (Å²) in [5.41, 5.74) is 2.43. The molecule has 0 saturated heterocycles. The van der Waals surface area contributed by atoms with Crippen LogP contribution in [-0.4, -0.2) is 14.7 Å². The smallest absolute Gasteiger partial charge is 0.262 e. The summed E-state index contributed by atoms with van der Waals surface area (Å²) in [6.07, 6.45) is 0.610. The van der Waals surface area contributed by atoms with Gasteiger partial charge < -0.3 is 5.11 Å². The zero-order valence-corrected chi connectivity index (χ0v) is 16.2. The lowest BCUT2D eigenvalue weighted by Gasteiger charge is -2.14. The highest BCUT2D eigenvalue weighted by molar-refractivity contribution is 7.22. The van der Waals surface area contributed by atoms with E-state index in [0.29, 0.717) is 20.8 Å². The van der Waals surface area contributed by atoms with Crippen molar-refractivity contribution in [3.05, 3.63) is 87.4 Å². The first-order chi connectivity index (χ1) is 13.1. The summed E-state index contributed by atoms with van der Waals surface area (Å²) in [7, 11) is 0. The molecular weight excluding hydrogens is 380 g/mol. The van der Waals surface area contributed by atoms with Gasteiger partial charge in [-0.3, -0.25) is 9.36 Å². The Bertz CT molecular complexity index is 1170. The predicted molar refractivity (Wildman–Crippen MR) is 110 cm³/mol. The van der Waals surface area contributed by atoms with Crippen molar-refractivity contribution in [2.45, 2.75) is 19.6 Å². The highest BCUT2D eigenvalue weighted by Gasteiger charge is 2.18. The van der Waals surface area contributed by atoms with Crippen LogP contribution < -0.4 is 5.56 Å². The molecular formula is C21H17ClN2O2S. The zero-order chi connectivity index (χ0) is 19.0. The molecule has 1 N–H and O–H groups in total. The summed E-state index contributed by atoms with van der Waals surface area (Å²) in [6.45, 7) is 2.04. The highest BCUT2D eigenvalue weighted by atomic mass is 35.5. The van der Waals surface area contributed by atoms with Crippen LogP contribution in [0.1, 0.15) is 17.2 Å². The molecule has 6 heteroatoms. The van der Waals surface area contributed by atoms with Gasteiger partial charge in [0.15, 0.2) is 0 Å². The van der Waals surface area contributed by atoms with Crippen molar-refractivity contribution in [3.63, 3.8) is 0 Å². The third-order valence-corrected chi connectivity index (χ3v) is 6.18. The molecule has 0 radical (unpaired) electrons. The van der Waals surface area contributed by atoms with Crippen LogP contribution in [0.3, 0.4) is 0 Å². The average molecular weight is 397 g/mol. The van der Waals surface area contributed by atoms with Crippen molar-refractivity contribution in [1.29, 1.82) is 0 Å². The van der Waals surface area contributed by atoms with E-state index in [1.807, 2.05) is 43.3 Å². The summed E-state index contributed by atoms with van der Waals surface area (Å²) in [5, 5.41) is 11.6. The number of aliphatic hydroxyl groups is 1. The van der Waals surface area contributed by atoms with E-state index >= 15 is 0 Å². The Morgan fingerprint density at radius 3 is 2.59 bits per heavy atom. The SMILES string of the molecule is Cc1c(-c2ccccc2)sc2ncn(CC(O)c3ccccc3Cl)c(=O)c12. The Balaban J connectivity index is 1.76. The maximum absolute atomic E-state index is 13.0. The Labute approximate surface area is 165 Å². The number of aliphatic hydroxyl groups excluding tert-OH is 1. The molecule has 2 heterocycles. The summed E-state index contributed by atoms with van der Waals surface area (Å²) in [6, 6.07) is 17.1. The summed E-state index contributed by atoms with van der Waals surface area (Å²) < 4.78 is 1.45. The van der Waals surface area contributed by atoms with Crippen LogP contribution in [0.5, 0.6) is 0 Å². The second kappa shape index (κ2) is 7.27. The Kier molecular flexibility index (Phi) is 4.83. The lowest BCUT2D eigenvalue weighted by Crippen LogP contribution is -2.23. The summed E-state index contributed by atoms with van der Waals surface area (Å²) >= 11 is 7.66. The summed E-state index contributed by atoms with van der Waals surface area (Å²) in [5.74, 6) is 0. The molecule has 0 aliphatic rings. The van der Waals surface area contributed by atoms with Crippen molar-refractivity contribution in [3.8, 4) is 10.4 Å². The van der Waals surface area contributed by atoms with E-state index in [-0.39, 0.29) is 12.1 Å². The number of fused-ring (bicyclic) bond motifs is 1. The number of hydrogen-bond donors (Lipinski definition) is 1. The molecule has 0 aliphatic carbocycles. The van der Waals surface area contributed by atoms with Crippen molar-refractivity contribution < 1.29 is 5.11 Å². The van der Waals surface area contributed by atoms with E-state index in [0.717, 1.165) is 16.0 Å². The average Bonchev–Trinajstić information content (AvgIpc) is 3.02.